The van der Waals surface area contributed by atoms with Crippen molar-refractivity contribution in [1.82, 2.24) is 0 Å². The van der Waals surface area contributed by atoms with E-state index in [4.69, 9.17) is 0 Å². The largest absolute Gasteiger partial charge is 0.388 e. The van der Waals surface area contributed by atoms with Crippen LogP contribution in [0.2, 0.25) is 0 Å². The molecule has 0 aliphatic carbocycles. The van der Waals surface area contributed by atoms with Crippen LogP contribution in [0.5, 0.6) is 0 Å². The van der Waals surface area contributed by atoms with Gasteiger partial charge in [0.25, 0.3) is 5.69 Å². The van der Waals surface area contributed by atoms with Gasteiger partial charge in [0, 0.05) is 17.5 Å². The van der Waals surface area contributed by atoms with Crippen LogP contribution in [-0.2, 0) is 0 Å². The fourth-order valence-electron chi connectivity index (χ4n) is 1.95. The second-order valence-corrected chi connectivity index (χ2v) is 5.40. The Hall–Kier alpha value is -0.940. The summed E-state index contributed by atoms with van der Waals surface area (Å²) in [6.45, 7) is 0. The van der Waals surface area contributed by atoms with Crippen molar-refractivity contribution < 1.29 is 10.0 Å². The Balaban J connectivity index is 2.29. The number of aliphatic hydroxyl groups is 1. The quantitative estimate of drug-likeness (QED) is 0.317. The van der Waals surface area contributed by atoms with Crippen molar-refractivity contribution in [2.75, 3.05) is 5.33 Å². The molecule has 1 unspecified atom stereocenters. The molecule has 1 atom stereocenters. The maximum Gasteiger partial charge on any atom is 0.269 e. The highest BCUT2D eigenvalue weighted by atomic mass is 79.9. The number of hydrogen-bond acceptors (Lipinski definition) is 3. The molecule has 0 saturated heterocycles. The maximum atomic E-state index is 10.5. The van der Waals surface area contributed by atoms with E-state index in [2.05, 4.69) is 15.9 Å². The van der Waals surface area contributed by atoms with E-state index in [1.54, 1.807) is 12.1 Å². The summed E-state index contributed by atoms with van der Waals surface area (Å²) in [6, 6.07) is 6.14. The predicted octanol–water partition coefficient (Wildman–Crippen LogP) is 4.36. The fraction of sp³-hybridized carbons (Fsp3) is 0.571. The van der Waals surface area contributed by atoms with Crippen LogP contribution in [0.15, 0.2) is 24.3 Å². The number of alkyl halides is 1. The highest BCUT2D eigenvalue weighted by molar-refractivity contribution is 9.09. The minimum absolute atomic E-state index is 0.0609. The molecule has 1 aromatic rings. The lowest BCUT2D eigenvalue weighted by atomic mass is 10.0. The number of benzene rings is 1. The SMILES string of the molecule is O=[N+]([O-])c1ccc(C(O)CCCCCCCBr)cc1. The fourth-order valence-corrected chi connectivity index (χ4v) is 2.34. The molecule has 19 heavy (non-hydrogen) atoms. The van der Waals surface area contributed by atoms with Crippen LogP contribution < -0.4 is 0 Å². The zero-order valence-corrected chi connectivity index (χ0v) is 12.5. The van der Waals surface area contributed by atoms with Crippen molar-refractivity contribution in [3.8, 4) is 0 Å². The first-order chi connectivity index (χ1) is 9.15. The van der Waals surface area contributed by atoms with Gasteiger partial charge in [-0.05, 0) is 30.5 Å². The monoisotopic (exact) mass is 329 g/mol. The summed E-state index contributed by atoms with van der Waals surface area (Å²) in [7, 11) is 0. The zero-order chi connectivity index (χ0) is 14.1. The van der Waals surface area contributed by atoms with Crippen LogP contribution in [-0.4, -0.2) is 15.4 Å². The van der Waals surface area contributed by atoms with Crippen molar-refractivity contribution in [3.63, 3.8) is 0 Å². The first-order valence-corrected chi connectivity index (χ1v) is 7.75. The van der Waals surface area contributed by atoms with Crippen LogP contribution in [0.3, 0.4) is 0 Å². The molecule has 0 aliphatic heterocycles. The normalized spacial score (nSPS) is 12.3. The lowest BCUT2D eigenvalue weighted by Crippen LogP contribution is -1.98. The second-order valence-electron chi connectivity index (χ2n) is 4.61. The third kappa shape index (κ3) is 6.16. The van der Waals surface area contributed by atoms with Crippen LogP contribution in [0.25, 0.3) is 0 Å². The minimum Gasteiger partial charge on any atom is -0.388 e. The van der Waals surface area contributed by atoms with E-state index in [1.807, 2.05) is 0 Å². The van der Waals surface area contributed by atoms with Gasteiger partial charge >= 0.3 is 0 Å². The summed E-state index contributed by atoms with van der Waals surface area (Å²) in [5.74, 6) is 0. The average Bonchev–Trinajstić information content (AvgIpc) is 2.42. The second kappa shape index (κ2) is 9.04. The van der Waals surface area contributed by atoms with Gasteiger partial charge in [-0.3, -0.25) is 10.1 Å². The van der Waals surface area contributed by atoms with E-state index in [-0.39, 0.29) is 5.69 Å². The lowest BCUT2D eigenvalue weighted by Gasteiger charge is -2.10. The number of nitro benzene ring substituents is 1. The van der Waals surface area contributed by atoms with Crippen LogP contribution in [0.1, 0.15) is 50.2 Å². The summed E-state index contributed by atoms with van der Waals surface area (Å²) in [5.41, 5.74) is 0.816. The molecular formula is C14H20BrNO3. The maximum absolute atomic E-state index is 10.5. The smallest absolute Gasteiger partial charge is 0.269 e. The molecule has 5 heteroatoms. The summed E-state index contributed by atoms with van der Waals surface area (Å²) in [6.07, 6.45) is 5.92. The topological polar surface area (TPSA) is 63.4 Å². The molecule has 106 valence electrons. The van der Waals surface area contributed by atoms with E-state index in [1.165, 1.54) is 31.4 Å². The number of halogens is 1. The summed E-state index contributed by atoms with van der Waals surface area (Å²) in [5, 5.41) is 21.5. The number of aliphatic hydroxyl groups excluding tert-OH is 1. The molecule has 0 bridgehead atoms. The van der Waals surface area contributed by atoms with E-state index in [0.717, 1.165) is 23.7 Å². The third-order valence-corrected chi connectivity index (χ3v) is 3.66. The Morgan fingerprint density at radius 3 is 2.26 bits per heavy atom. The Kier molecular flexibility index (Phi) is 7.67. The van der Waals surface area contributed by atoms with E-state index < -0.39 is 11.0 Å². The highest BCUT2D eigenvalue weighted by Gasteiger charge is 2.10. The number of nitrogens with zero attached hydrogens (tertiary/aromatic N) is 1. The first-order valence-electron chi connectivity index (χ1n) is 6.63. The number of unbranched alkanes of at least 4 members (excludes halogenated alkanes) is 4. The van der Waals surface area contributed by atoms with Gasteiger partial charge in [-0.1, -0.05) is 41.6 Å². The van der Waals surface area contributed by atoms with E-state index in [9.17, 15) is 15.2 Å². The van der Waals surface area contributed by atoms with Gasteiger partial charge in [-0.15, -0.1) is 0 Å². The van der Waals surface area contributed by atoms with Crippen LogP contribution in [0.4, 0.5) is 5.69 Å². The molecule has 0 heterocycles. The average molecular weight is 330 g/mol. The van der Waals surface area contributed by atoms with E-state index in [0.29, 0.717) is 6.42 Å². The summed E-state index contributed by atoms with van der Waals surface area (Å²) in [4.78, 5) is 10.1. The summed E-state index contributed by atoms with van der Waals surface area (Å²) < 4.78 is 0. The summed E-state index contributed by atoms with van der Waals surface area (Å²) >= 11 is 3.40. The molecule has 0 spiro atoms. The van der Waals surface area contributed by atoms with Gasteiger partial charge in [0.05, 0.1) is 11.0 Å². The molecule has 0 aliphatic rings. The Labute approximate surface area is 122 Å². The van der Waals surface area contributed by atoms with Crippen LogP contribution in [0, 0.1) is 10.1 Å². The van der Waals surface area contributed by atoms with Crippen LogP contribution >= 0.6 is 15.9 Å². The zero-order valence-electron chi connectivity index (χ0n) is 10.9. The molecule has 0 saturated carbocycles. The predicted molar refractivity (Wildman–Crippen MR) is 79.6 cm³/mol. The standard InChI is InChI=1S/C14H20BrNO3/c15-11-5-3-1-2-4-6-14(17)12-7-9-13(10-8-12)16(18)19/h7-10,14,17H,1-6,11H2. The van der Waals surface area contributed by atoms with Crippen molar-refractivity contribution in [3.05, 3.63) is 39.9 Å². The number of hydrogen-bond donors (Lipinski definition) is 1. The Morgan fingerprint density at radius 2 is 1.68 bits per heavy atom. The minimum atomic E-state index is -0.517. The third-order valence-electron chi connectivity index (χ3n) is 3.10. The van der Waals surface area contributed by atoms with Gasteiger partial charge < -0.3 is 5.11 Å². The van der Waals surface area contributed by atoms with Crippen molar-refractivity contribution in [1.29, 1.82) is 0 Å². The molecule has 4 nitrogen and oxygen atoms in total. The molecule has 1 N–H and O–H groups in total. The molecule has 1 aromatic carbocycles. The van der Waals surface area contributed by atoms with Gasteiger partial charge in [0.1, 0.15) is 0 Å². The van der Waals surface area contributed by atoms with Gasteiger partial charge in [0.15, 0.2) is 0 Å². The number of non-ortho nitro benzene ring substituents is 1. The Bertz CT molecular complexity index is 381. The molecule has 0 aromatic heterocycles. The molecule has 0 fully saturated rings. The molecule has 0 amide bonds. The van der Waals surface area contributed by atoms with Gasteiger partial charge in [-0.25, -0.2) is 0 Å². The van der Waals surface area contributed by atoms with Crippen molar-refractivity contribution in [2.45, 2.75) is 44.6 Å². The van der Waals surface area contributed by atoms with E-state index >= 15 is 0 Å². The first kappa shape index (κ1) is 16.1. The van der Waals surface area contributed by atoms with Crippen molar-refractivity contribution >= 4 is 21.6 Å². The molecule has 1 rings (SSSR count). The van der Waals surface area contributed by atoms with Crippen molar-refractivity contribution in [2.24, 2.45) is 0 Å². The molecular weight excluding hydrogens is 310 g/mol. The lowest BCUT2D eigenvalue weighted by molar-refractivity contribution is -0.384. The number of nitro groups is 1. The number of rotatable bonds is 9. The molecule has 0 radical (unpaired) electrons. The highest BCUT2D eigenvalue weighted by Crippen LogP contribution is 2.22. The van der Waals surface area contributed by atoms with Gasteiger partial charge in [-0.2, -0.15) is 0 Å². The van der Waals surface area contributed by atoms with Gasteiger partial charge in [0.2, 0.25) is 0 Å². The Morgan fingerprint density at radius 1 is 1.11 bits per heavy atom.